The quantitative estimate of drug-likeness (QED) is 0.592. The maximum atomic E-state index is 11.1. The van der Waals surface area contributed by atoms with Crippen LogP contribution in [0.3, 0.4) is 0 Å². The van der Waals surface area contributed by atoms with Gasteiger partial charge < -0.3 is 4.74 Å². The highest BCUT2D eigenvalue weighted by atomic mass is 79.9. The number of hydrogen-bond donors (Lipinski definition) is 0. The highest BCUT2D eigenvalue weighted by Gasteiger charge is 2.08. The van der Waals surface area contributed by atoms with E-state index in [1.165, 1.54) is 13.3 Å². The van der Waals surface area contributed by atoms with Gasteiger partial charge in [-0.2, -0.15) is 0 Å². The molecule has 0 saturated carbocycles. The van der Waals surface area contributed by atoms with Crippen LogP contribution in [0.2, 0.25) is 0 Å². The minimum absolute atomic E-state index is 0.185. The van der Waals surface area contributed by atoms with Crippen molar-refractivity contribution in [3.05, 3.63) is 29.6 Å². The molecule has 0 aromatic carbocycles. The van der Waals surface area contributed by atoms with Gasteiger partial charge in [0.2, 0.25) is 0 Å². The van der Waals surface area contributed by atoms with E-state index in [0.717, 1.165) is 5.56 Å². The van der Waals surface area contributed by atoms with Crippen molar-refractivity contribution in [3.63, 3.8) is 0 Å². The van der Waals surface area contributed by atoms with Crippen LogP contribution in [0.5, 0.6) is 0 Å². The summed E-state index contributed by atoms with van der Waals surface area (Å²) >= 11 is 3.40. The second kappa shape index (κ2) is 4.37. The van der Waals surface area contributed by atoms with Gasteiger partial charge in [0.05, 0.1) is 12.7 Å². The molecule has 0 spiro atoms. The minimum atomic E-state index is -0.359. The predicted octanol–water partition coefficient (Wildman–Crippen LogP) is 2.32. The molecule has 1 aromatic rings. The zero-order valence-electron chi connectivity index (χ0n) is 7.45. The number of carbonyl (C=O) groups is 1. The van der Waals surface area contributed by atoms with Gasteiger partial charge in [-0.15, -0.1) is 0 Å². The van der Waals surface area contributed by atoms with Crippen LogP contribution in [-0.4, -0.2) is 18.1 Å². The molecule has 0 amide bonds. The molecule has 0 fully saturated rings. The number of methoxy groups -OCH3 is 1. The van der Waals surface area contributed by atoms with E-state index < -0.39 is 0 Å². The molecule has 1 aromatic heterocycles. The highest BCUT2D eigenvalue weighted by molar-refractivity contribution is 9.09. The number of pyridine rings is 1. The van der Waals surface area contributed by atoms with Crippen molar-refractivity contribution in [1.82, 2.24) is 4.98 Å². The Balaban J connectivity index is 2.98. The average Bonchev–Trinajstić information content (AvgIpc) is 2.17. The average molecular weight is 244 g/mol. The van der Waals surface area contributed by atoms with E-state index in [9.17, 15) is 4.79 Å². The number of aromatic nitrogens is 1. The summed E-state index contributed by atoms with van der Waals surface area (Å²) < 4.78 is 4.58. The molecule has 0 radical (unpaired) electrons. The Kier molecular flexibility index (Phi) is 3.42. The number of rotatable bonds is 2. The Morgan fingerprint density at radius 3 is 2.85 bits per heavy atom. The van der Waals surface area contributed by atoms with Crippen LogP contribution < -0.4 is 0 Å². The molecule has 0 bridgehead atoms. The van der Waals surface area contributed by atoms with Gasteiger partial charge in [-0.3, -0.25) is 4.98 Å². The van der Waals surface area contributed by atoms with Gasteiger partial charge in [0.15, 0.2) is 0 Å². The number of carbonyl (C=O) groups excluding carboxylic acids is 1. The van der Waals surface area contributed by atoms with Gasteiger partial charge in [-0.25, -0.2) is 4.79 Å². The van der Waals surface area contributed by atoms with Crippen molar-refractivity contribution in [2.45, 2.75) is 11.8 Å². The maximum Gasteiger partial charge on any atom is 0.339 e. The summed E-state index contributed by atoms with van der Waals surface area (Å²) in [6.07, 6.45) is 3.20. The third-order valence-corrected chi connectivity index (χ3v) is 2.17. The molecule has 0 aliphatic heterocycles. The largest absolute Gasteiger partial charge is 0.465 e. The van der Waals surface area contributed by atoms with Gasteiger partial charge in [0, 0.05) is 17.2 Å². The Bertz CT molecular complexity index is 312. The van der Waals surface area contributed by atoms with E-state index >= 15 is 0 Å². The van der Waals surface area contributed by atoms with Crippen molar-refractivity contribution < 1.29 is 9.53 Å². The SMILES string of the molecule is COC(=O)c1cncc(C(C)Br)c1. The first-order chi connectivity index (χ1) is 6.15. The lowest BCUT2D eigenvalue weighted by Gasteiger charge is -2.04. The molecule has 13 heavy (non-hydrogen) atoms. The van der Waals surface area contributed by atoms with Crippen LogP contribution in [-0.2, 0) is 4.74 Å². The summed E-state index contributed by atoms with van der Waals surface area (Å²) in [5.74, 6) is -0.359. The van der Waals surface area contributed by atoms with Gasteiger partial charge in [-0.05, 0) is 18.6 Å². The predicted molar refractivity (Wildman–Crippen MR) is 52.9 cm³/mol. The zero-order valence-corrected chi connectivity index (χ0v) is 9.04. The van der Waals surface area contributed by atoms with Gasteiger partial charge in [0.1, 0.15) is 0 Å². The fourth-order valence-corrected chi connectivity index (χ4v) is 1.16. The molecule has 1 rings (SSSR count). The highest BCUT2D eigenvalue weighted by Crippen LogP contribution is 2.21. The van der Waals surface area contributed by atoms with E-state index in [-0.39, 0.29) is 10.8 Å². The van der Waals surface area contributed by atoms with Crippen molar-refractivity contribution in [2.24, 2.45) is 0 Å². The fraction of sp³-hybridized carbons (Fsp3) is 0.333. The summed E-state index contributed by atoms with van der Waals surface area (Å²) in [5.41, 5.74) is 1.44. The fourth-order valence-electron chi connectivity index (χ4n) is 0.905. The van der Waals surface area contributed by atoms with Gasteiger partial charge >= 0.3 is 5.97 Å². The van der Waals surface area contributed by atoms with Crippen molar-refractivity contribution >= 4 is 21.9 Å². The Morgan fingerprint density at radius 2 is 2.31 bits per heavy atom. The number of alkyl halides is 1. The molecule has 3 nitrogen and oxygen atoms in total. The number of esters is 1. The summed E-state index contributed by atoms with van der Waals surface area (Å²) in [4.78, 5) is 15.2. The Hall–Kier alpha value is -0.900. The molecular weight excluding hydrogens is 234 g/mol. The second-order valence-corrected chi connectivity index (χ2v) is 3.99. The summed E-state index contributed by atoms with van der Waals surface area (Å²) in [6, 6.07) is 1.76. The van der Waals surface area contributed by atoms with Crippen molar-refractivity contribution in [2.75, 3.05) is 7.11 Å². The molecule has 0 aliphatic rings. The third-order valence-electron chi connectivity index (χ3n) is 1.64. The van der Waals surface area contributed by atoms with Crippen LogP contribution in [0.15, 0.2) is 18.5 Å². The van der Waals surface area contributed by atoms with Crippen molar-refractivity contribution in [1.29, 1.82) is 0 Å². The minimum Gasteiger partial charge on any atom is -0.465 e. The second-order valence-electron chi connectivity index (χ2n) is 2.61. The standard InChI is InChI=1S/C9H10BrNO2/c1-6(10)7-3-8(5-11-4-7)9(12)13-2/h3-6H,1-2H3. The lowest BCUT2D eigenvalue weighted by atomic mass is 10.2. The Labute approximate surface area is 85.3 Å². The van der Waals surface area contributed by atoms with E-state index in [4.69, 9.17) is 0 Å². The van der Waals surface area contributed by atoms with Crippen LogP contribution in [0.4, 0.5) is 0 Å². The van der Waals surface area contributed by atoms with Crippen LogP contribution in [0.25, 0.3) is 0 Å². The summed E-state index contributed by atoms with van der Waals surface area (Å²) in [6.45, 7) is 1.97. The van der Waals surface area contributed by atoms with E-state index in [1.807, 2.05) is 6.92 Å². The molecular formula is C9H10BrNO2. The first kappa shape index (κ1) is 10.2. The first-order valence-electron chi connectivity index (χ1n) is 3.82. The molecule has 0 N–H and O–H groups in total. The lowest BCUT2D eigenvalue weighted by Crippen LogP contribution is -2.02. The molecule has 4 heteroatoms. The van der Waals surface area contributed by atoms with E-state index in [2.05, 4.69) is 25.7 Å². The molecule has 0 saturated heterocycles. The van der Waals surface area contributed by atoms with E-state index in [0.29, 0.717) is 5.56 Å². The smallest absolute Gasteiger partial charge is 0.339 e. The van der Waals surface area contributed by atoms with E-state index in [1.54, 1.807) is 12.3 Å². The first-order valence-corrected chi connectivity index (χ1v) is 4.74. The summed E-state index contributed by atoms with van der Waals surface area (Å²) in [7, 11) is 1.35. The molecule has 0 aliphatic carbocycles. The molecule has 1 heterocycles. The molecule has 1 atom stereocenters. The zero-order chi connectivity index (χ0) is 9.84. The molecule has 1 unspecified atom stereocenters. The van der Waals surface area contributed by atoms with Crippen molar-refractivity contribution in [3.8, 4) is 0 Å². The number of halogens is 1. The van der Waals surface area contributed by atoms with Gasteiger partial charge in [-0.1, -0.05) is 15.9 Å². The maximum absolute atomic E-state index is 11.1. The van der Waals surface area contributed by atoms with Crippen LogP contribution in [0.1, 0.15) is 27.7 Å². The topological polar surface area (TPSA) is 39.2 Å². The molecule has 70 valence electrons. The van der Waals surface area contributed by atoms with Gasteiger partial charge in [0.25, 0.3) is 0 Å². The van der Waals surface area contributed by atoms with Crippen LogP contribution in [0, 0.1) is 0 Å². The monoisotopic (exact) mass is 243 g/mol. The number of nitrogens with zero attached hydrogens (tertiary/aromatic N) is 1. The third kappa shape index (κ3) is 2.52. The Morgan fingerprint density at radius 1 is 1.62 bits per heavy atom. The normalized spacial score (nSPS) is 12.2. The number of hydrogen-bond acceptors (Lipinski definition) is 3. The summed E-state index contributed by atoms with van der Waals surface area (Å²) in [5, 5.41) is 0. The number of ether oxygens (including phenoxy) is 1. The van der Waals surface area contributed by atoms with Crippen LogP contribution >= 0.6 is 15.9 Å². The lowest BCUT2D eigenvalue weighted by molar-refractivity contribution is 0.0600.